The van der Waals surface area contributed by atoms with Crippen LogP contribution in [0.3, 0.4) is 0 Å². The minimum absolute atomic E-state index is 0.0198. The van der Waals surface area contributed by atoms with Gasteiger partial charge in [-0.05, 0) is 12.0 Å². The Morgan fingerprint density at radius 3 is 2.95 bits per heavy atom. The Morgan fingerprint density at radius 1 is 1.24 bits per heavy atom. The lowest BCUT2D eigenvalue weighted by molar-refractivity contribution is -0.0146. The van der Waals surface area contributed by atoms with E-state index in [9.17, 15) is 4.79 Å². The van der Waals surface area contributed by atoms with Gasteiger partial charge in [0.05, 0.1) is 31.0 Å². The molecule has 0 spiro atoms. The van der Waals surface area contributed by atoms with Gasteiger partial charge >= 0.3 is 6.09 Å². The first-order valence-electron chi connectivity index (χ1n) is 7.55. The van der Waals surface area contributed by atoms with Crippen LogP contribution in [0.5, 0.6) is 0 Å². The third kappa shape index (κ3) is 2.63. The predicted octanol–water partition coefficient (Wildman–Crippen LogP) is 1.95. The second kappa shape index (κ2) is 5.31. The molecule has 5 nitrogen and oxygen atoms in total. The number of carbonyl (C=O) groups is 1. The maximum atomic E-state index is 11.8. The molecule has 4 rings (SSSR count). The molecule has 0 unspecified atom stereocenters. The Labute approximate surface area is 123 Å². The summed E-state index contributed by atoms with van der Waals surface area (Å²) in [6.07, 6.45) is 2.10. The number of rotatable bonds is 3. The predicted molar refractivity (Wildman–Crippen MR) is 74.8 cm³/mol. The number of amides is 1. The van der Waals surface area contributed by atoms with E-state index >= 15 is 0 Å². The number of carbonyl (C=O) groups excluding carboxylic acids is 1. The third-order valence-corrected chi connectivity index (χ3v) is 4.56. The molecule has 21 heavy (non-hydrogen) atoms. The van der Waals surface area contributed by atoms with Crippen LogP contribution in [0.2, 0.25) is 0 Å². The lowest BCUT2D eigenvalue weighted by Crippen LogP contribution is -2.46. The molecule has 3 heterocycles. The number of benzene rings is 1. The maximum absolute atomic E-state index is 11.8. The molecule has 0 N–H and O–H groups in total. The second-order valence-corrected chi connectivity index (χ2v) is 5.91. The van der Waals surface area contributed by atoms with Crippen LogP contribution in [0, 0.1) is 0 Å². The Morgan fingerprint density at radius 2 is 2.10 bits per heavy atom. The van der Waals surface area contributed by atoms with Crippen LogP contribution in [0.4, 0.5) is 4.79 Å². The van der Waals surface area contributed by atoms with Gasteiger partial charge < -0.3 is 14.2 Å². The summed E-state index contributed by atoms with van der Waals surface area (Å²) in [5, 5.41) is 0. The number of fused-ring (bicyclic) bond motifs is 2. The molecule has 4 atom stereocenters. The SMILES string of the molecule is O=C1OC[C@H]2[C@H](OCc3ccccc3)C[C@H]3O[C@H]3CCN12. The highest BCUT2D eigenvalue weighted by molar-refractivity contribution is 5.70. The van der Waals surface area contributed by atoms with Crippen molar-refractivity contribution < 1.29 is 19.0 Å². The fourth-order valence-corrected chi connectivity index (χ4v) is 3.28. The van der Waals surface area contributed by atoms with Crippen molar-refractivity contribution >= 4 is 6.09 Å². The third-order valence-electron chi connectivity index (χ3n) is 4.56. The van der Waals surface area contributed by atoms with Gasteiger partial charge in [0.25, 0.3) is 0 Å². The van der Waals surface area contributed by atoms with Crippen LogP contribution >= 0.6 is 0 Å². The van der Waals surface area contributed by atoms with Gasteiger partial charge in [-0.1, -0.05) is 30.3 Å². The van der Waals surface area contributed by atoms with Crippen molar-refractivity contribution in [2.45, 2.75) is 43.8 Å². The largest absolute Gasteiger partial charge is 0.447 e. The molecule has 1 aromatic rings. The lowest BCUT2D eigenvalue weighted by Gasteiger charge is -2.30. The normalized spacial score (nSPS) is 34.5. The molecule has 0 aliphatic carbocycles. The van der Waals surface area contributed by atoms with E-state index < -0.39 is 0 Å². The number of cyclic esters (lactones) is 1. The Hall–Kier alpha value is -1.59. The summed E-state index contributed by atoms with van der Waals surface area (Å²) in [5.74, 6) is 0. The standard InChI is InChI=1S/C16H19NO4/c18-16-17-7-6-13-15(21-13)8-14(12(17)10-20-16)19-9-11-4-2-1-3-5-11/h1-5,12-15H,6-10H2/t12-,13-,14+,15+/m0/s1. The molecule has 5 heteroatoms. The number of hydrogen-bond acceptors (Lipinski definition) is 4. The number of epoxide rings is 1. The molecule has 3 aliphatic rings. The summed E-state index contributed by atoms with van der Waals surface area (Å²) in [6, 6.07) is 10.1. The van der Waals surface area contributed by atoms with E-state index in [0.717, 1.165) is 18.4 Å². The molecule has 3 aliphatic heterocycles. The van der Waals surface area contributed by atoms with E-state index in [-0.39, 0.29) is 18.2 Å². The van der Waals surface area contributed by atoms with Gasteiger partial charge in [-0.3, -0.25) is 4.90 Å². The van der Waals surface area contributed by atoms with E-state index in [1.807, 2.05) is 35.2 Å². The first kappa shape index (κ1) is 13.1. The summed E-state index contributed by atoms with van der Waals surface area (Å²) in [7, 11) is 0. The molecular formula is C16H19NO4. The topological polar surface area (TPSA) is 51.3 Å². The number of ether oxygens (including phenoxy) is 3. The average molecular weight is 289 g/mol. The van der Waals surface area contributed by atoms with Crippen molar-refractivity contribution in [3.8, 4) is 0 Å². The van der Waals surface area contributed by atoms with Crippen LogP contribution in [-0.2, 0) is 20.8 Å². The van der Waals surface area contributed by atoms with Gasteiger partial charge in [0, 0.05) is 13.0 Å². The summed E-state index contributed by atoms with van der Waals surface area (Å²) in [6.45, 7) is 1.69. The zero-order chi connectivity index (χ0) is 14.2. The molecular weight excluding hydrogens is 270 g/mol. The van der Waals surface area contributed by atoms with Crippen molar-refractivity contribution in [1.82, 2.24) is 4.90 Å². The Bertz CT molecular complexity index is 520. The smallest absolute Gasteiger partial charge is 0.410 e. The molecule has 3 fully saturated rings. The summed E-state index contributed by atoms with van der Waals surface area (Å²) >= 11 is 0. The molecule has 112 valence electrons. The quantitative estimate of drug-likeness (QED) is 0.798. The molecule has 1 amide bonds. The summed E-state index contributed by atoms with van der Waals surface area (Å²) in [4.78, 5) is 13.6. The van der Waals surface area contributed by atoms with E-state index in [0.29, 0.717) is 32.0 Å². The van der Waals surface area contributed by atoms with Crippen LogP contribution in [0.15, 0.2) is 30.3 Å². The highest BCUT2D eigenvalue weighted by atomic mass is 16.6. The van der Waals surface area contributed by atoms with Crippen molar-refractivity contribution in [2.24, 2.45) is 0 Å². The van der Waals surface area contributed by atoms with E-state index in [1.54, 1.807) is 0 Å². The lowest BCUT2D eigenvalue weighted by atomic mass is 10.00. The maximum Gasteiger partial charge on any atom is 0.410 e. The van der Waals surface area contributed by atoms with Gasteiger partial charge in [0.15, 0.2) is 0 Å². The highest BCUT2D eigenvalue weighted by Gasteiger charge is 2.49. The first-order valence-corrected chi connectivity index (χ1v) is 7.55. The Kier molecular flexibility index (Phi) is 3.31. The fourth-order valence-electron chi connectivity index (χ4n) is 3.28. The van der Waals surface area contributed by atoms with Crippen LogP contribution in [0.25, 0.3) is 0 Å². The average Bonchev–Trinajstić information content (AvgIpc) is 3.12. The fraction of sp³-hybridized carbons (Fsp3) is 0.562. The highest BCUT2D eigenvalue weighted by Crippen LogP contribution is 2.36. The first-order chi connectivity index (χ1) is 10.3. The van der Waals surface area contributed by atoms with Crippen LogP contribution in [-0.4, -0.2) is 48.5 Å². The van der Waals surface area contributed by atoms with E-state index in [2.05, 4.69) is 0 Å². The van der Waals surface area contributed by atoms with Crippen molar-refractivity contribution in [3.05, 3.63) is 35.9 Å². The van der Waals surface area contributed by atoms with Crippen LogP contribution < -0.4 is 0 Å². The zero-order valence-corrected chi connectivity index (χ0v) is 11.8. The molecule has 0 bridgehead atoms. The molecule has 1 aromatic carbocycles. The van der Waals surface area contributed by atoms with Crippen molar-refractivity contribution in [1.29, 1.82) is 0 Å². The van der Waals surface area contributed by atoms with Crippen molar-refractivity contribution in [2.75, 3.05) is 13.2 Å². The van der Waals surface area contributed by atoms with Gasteiger partial charge in [-0.25, -0.2) is 4.79 Å². The van der Waals surface area contributed by atoms with Gasteiger partial charge in [-0.15, -0.1) is 0 Å². The summed E-state index contributed by atoms with van der Waals surface area (Å²) < 4.78 is 17.0. The van der Waals surface area contributed by atoms with E-state index in [1.165, 1.54) is 0 Å². The molecule has 0 saturated carbocycles. The number of hydrogen-bond donors (Lipinski definition) is 0. The summed E-state index contributed by atoms with van der Waals surface area (Å²) in [5.41, 5.74) is 1.14. The van der Waals surface area contributed by atoms with Gasteiger partial charge in [0.2, 0.25) is 0 Å². The monoisotopic (exact) mass is 289 g/mol. The zero-order valence-electron chi connectivity index (χ0n) is 11.8. The second-order valence-electron chi connectivity index (χ2n) is 5.91. The van der Waals surface area contributed by atoms with Gasteiger partial charge in [-0.2, -0.15) is 0 Å². The van der Waals surface area contributed by atoms with Crippen molar-refractivity contribution in [3.63, 3.8) is 0 Å². The van der Waals surface area contributed by atoms with Crippen LogP contribution in [0.1, 0.15) is 18.4 Å². The Balaban J connectivity index is 1.46. The van der Waals surface area contributed by atoms with Gasteiger partial charge in [0.1, 0.15) is 6.61 Å². The number of nitrogens with zero attached hydrogens (tertiary/aromatic N) is 1. The molecule has 3 saturated heterocycles. The minimum atomic E-state index is -0.215. The molecule has 0 radical (unpaired) electrons. The minimum Gasteiger partial charge on any atom is -0.447 e. The van der Waals surface area contributed by atoms with E-state index in [4.69, 9.17) is 14.2 Å². The molecule has 0 aromatic heterocycles.